The third-order valence-corrected chi connectivity index (χ3v) is 2.29. The largest absolute Gasteiger partial charge is 0.393 e. The molecule has 4 nitrogen and oxygen atoms in total. The van der Waals surface area contributed by atoms with Gasteiger partial charge < -0.3 is 10.4 Å². The lowest BCUT2D eigenvalue weighted by molar-refractivity contribution is 0.188. The highest BCUT2D eigenvalue weighted by atomic mass is 35.5. The molecule has 0 aliphatic heterocycles. The van der Waals surface area contributed by atoms with E-state index >= 15 is 0 Å². The standard InChI is InChI=1S/C11H18ClN3O/c1-7(2)11-14-9(12)6-10(15-11)13-5-4-8(3)16/h6-8,16H,4-5H2,1-3H3,(H,13,14,15). The lowest BCUT2D eigenvalue weighted by Crippen LogP contribution is -2.11. The van der Waals surface area contributed by atoms with E-state index in [1.165, 1.54) is 0 Å². The molecular weight excluding hydrogens is 226 g/mol. The van der Waals surface area contributed by atoms with Crippen molar-refractivity contribution in [3.8, 4) is 0 Å². The van der Waals surface area contributed by atoms with Crippen LogP contribution in [0.5, 0.6) is 0 Å². The maximum atomic E-state index is 9.13. The highest BCUT2D eigenvalue weighted by Crippen LogP contribution is 2.16. The Morgan fingerprint density at radius 2 is 2.06 bits per heavy atom. The van der Waals surface area contributed by atoms with Gasteiger partial charge in [-0.25, -0.2) is 9.97 Å². The summed E-state index contributed by atoms with van der Waals surface area (Å²) in [4.78, 5) is 8.48. The molecule has 1 heterocycles. The molecule has 0 radical (unpaired) electrons. The number of halogens is 1. The van der Waals surface area contributed by atoms with Gasteiger partial charge >= 0.3 is 0 Å². The van der Waals surface area contributed by atoms with Gasteiger partial charge in [0.1, 0.15) is 16.8 Å². The lowest BCUT2D eigenvalue weighted by Gasteiger charge is -2.10. The van der Waals surface area contributed by atoms with Crippen molar-refractivity contribution >= 4 is 17.4 Å². The molecular formula is C11H18ClN3O. The van der Waals surface area contributed by atoms with Gasteiger partial charge in [-0.1, -0.05) is 25.4 Å². The number of nitrogens with zero attached hydrogens (tertiary/aromatic N) is 2. The minimum absolute atomic E-state index is 0.246. The third kappa shape index (κ3) is 4.33. The first-order chi connectivity index (χ1) is 7.49. The number of nitrogens with one attached hydrogen (secondary N) is 1. The van der Waals surface area contributed by atoms with Crippen molar-refractivity contribution in [1.82, 2.24) is 9.97 Å². The molecule has 1 aromatic rings. The van der Waals surface area contributed by atoms with Gasteiger partial charge in [-0.3, -0.25) is 0 Å². The highest BCUT2D eigenvalue weighted by Gasteiger charge is 2.06. The van der Waals surface area contributed by atoms with E-state index in [9.17, 15) is 0 Å². The van der Waals surface area contributed by atoms with Crippen LogP contribution in [0.15, 0.2) is 6.07 Å². The molecule has 1 aromatic heterocycles. The van der Waals surface area contributed by atoms with Crippen LogP contribution >= 0.6 is 11.6 Å². The molecule has 0 aliphatic carbocycles. The number of aromatic nitrogens is 2. The second-order valence-corrected chi connectivity index (χ2v) is 4.54. The van der Waals surface area contributed by atoms with Crippen LogP contribution in [0.1, 0.15) is 38.9 Å². The molecule has 0 aromatic carbocycles. The van der Waals surface area contributed by atoms with Crippen molar-refractivity contribution in [2.75, 3.05) is 11.9 Å². The van der Waals surface area contributed by atoms with Crippen LogP contribution in [0.4, 0.5) is 5.82 Å². The van der Waals surface area contributed by atoms with Gasteiger partial charge in [0, 0.05) is 18.5 Å². The fraction of sp³-hybridized carbons (Fsp3) is 0.636. The number of rotatable bonds is 5. The average Bonchev–Trinajstić information content (AvgIpc) is 2.16. The summed E-state index contributed by atoms with van der Waals surface area (Å²) in [5.41, 5.74) is 0. The van der Waals surface area contributed by atoms with Gasteiger partial charge in [0.05, 0.1) is 6.10 Å². The molecule has 0 bridgehead atoms. The Morgan fingerprint density at radius 1 is 1.38 bits per heavy atom. The van der Waals surface area contributed by atoms with Crippen LogP contribution < -0.4 is 5.32 Å². The molecule has 0 saturated heterocycles. The smallest absolute Gasteiger partial charge is 0.135 e. The summed E-state index contributed by atoms with van der Waals surface area (Å²) >= 11 is 5.90. The van der Waals surface area contributed by atoms with E-state index < -0.39 is 0 Å². The second kappa shape index (κ2) is 6.01. The highest BCUT2D eigenvalue weighted by molar-refractivity contribution is 6.29. The minimum atomic E-state index is -0.311. The molecule has 2 N–H and O–H groups in total. The Bertz CT molecular complexity index is 342. The van der Waals surface area contributed by atoms with Gasteiger partial charge in [-0.2, -0.15) is 0 Å². The molecule has 5 heteroatoms. The predicted molar refractivity (Wildman–Crippen MR) is 65.9 cm³/mol. The second-order valence-electron chi connectivity index (χ2n) is 4.15. The van der Waals surface area contributed by atoms with Gasteiger partial charge in [0.25, 0.3) is 0 Å². The van der Waals surface area contributed by atoms with Crippen LogP contribution in [0.25, 0.3) is 0 Å². The number of hydrogen-bond acceptors (Lipinski definition) is 4. The normalized spacial score (nSPS) is 12.9. The van der Waals surface area contributed by atoms with E-state index in [-0.39, 0.29) is 12.0 Å². The van der Waals surface area contributed by atoms with Crippen molar-refractivity contribution in [3.05, 3.63) is 17.0 Å². The van der Waals surface area contributed by atoms with Crippen molar-refractivity contribution in [2.24, 2.45) is 0 Å². The van der Waals surface area contributed by atoms with Crippen LogP contribution in [0.3, 0.4) is 0 Å². The summed E-state index contributed by atoms with van der Waals surface area (Å²) in [5, 5.41) is 12.7. The summed E-state index contributed by atoms with van der Waals surface area (Å²) in [6, 6.07) is 1.69. The fourth-order valence-electron chi connectivity index (χ4n) is 1.19. The number of aliphatic hydroxyl groups is 1. The van der Waals surface area contributed by atoms with Gasteiger partial charge in [-0.15, -0.1) is 0 Å². The molecule has 1 atom stereocenters. The zero-order chi connectivity index (χ0) is 12.1. The maximum Gasteiger partial charge on any atom is 0.135 e. The number of aliphatic hydroxyl groups excluding tert-OH is 1. The van der Waals surface area contributed by atoms with Gasteiger partial charge in [0.15, 0.2) is 0 Å². The van der Waals surface area contributed by atoms with E-state index in [4.69, 9.17) is 16.7 Å². The molecule has 1 rings (SSSR count). The number of hydrogen-bond donors (Lipinski definition) is 2. The Kier molecular flexibility index (Phi) is 4.96. The molecule has 90 valence electrons. The van der Waals surface area contributed by atoms with Crippen LogP contribution in [-0.2, 0) is 0 Å². The van der Waals surface area contributed by atoms with E-state index in [1.807, 2.05) is 13.8 Å². The van der Waals surface area contributed by atoms with E-state index in [0.717, 1.165) is 5.82 Å². The summed E-state index contributed by atoms with van der Waals surface area (Å²) in [7, 11) is 0. The lowest BCUT2D eigenvalue weighted by atomic mass is 10.2. The summed E-state index contributed by atoms with van der Waals surface area (Å²) in [6.45, 7) is 6.47. The Morgan fingerprint density at radius 3 is 2.62 bits per heavy atom. The predicted octanol–water partition coefficient (Wildman–Crippen LogP) is 2.44. The zero-order valence-corrected chi connectivity index (χ0v) is 10.6. The van der Waals surface area contributed by atoms with Crippen molar-refractivity contribution in [1.29, 1.82) is 0 Å². The van der Waals surface area contributed by atoms with Gasteiger partial charge in [-0.05, 0) is 13.3 Å². The van der Waals surface area contributed by atoms with Gasteiger partial charge in [0.2, 0.25) is 0 Å². The fourth-order valence-corrected chi connectivity index (χ4v) is 1.38. The molecule has 0 saturated carbocycles. The van der Waals surface area contributed by atoms with Crippen molar-refractivity contribution in [3.63, 3.8) is 0 Å². The first-order valence-corrected chi connectivity index (χ1v) is 5.83. The zero-order valence-electron chi connectivity index (χ0n) is 9.87. The van der Waals surface area contributed by atoms with E-state index in [1.54, 1.807) is 13.0 Å². The topological polar surface area (TPSA) is 58.0 Å². The maximum absolute atomic E-state index is 9.13. The van der Waals surface area contributed by atoms with Crippen molar-refractivity contribution in [2.45, 2.75) is 39.2 Å². The molecule has 0 amide bonds. The van der Waals surface area contributed by atoms with Crippen LogP contribution in [0.2, 0.25) is 5.15 Å². The van der Waals surface area contributed by atoms with E-state index in [2.05, 4.69) is 15.3 Å². The average molecular weight is 244 g/mol. The Hall–Kier alpha value is -0.870. The third-order valence-electron chi connectivity index (χ3n) is 2.10. The quantitative estimate of drug-likeness (QED) is 0.780. The monoisotopic (exact) mass is 243 g/mol. The molecule has 0 aliphatic rings. The Labute approximate surface area is 101 Å². The minimum Gasteiger partial charge on any atom is -0.393 e. The molecule has 1 unspecified atom stereocenters. The first-order valence-electron chi connectivity index (χ1n) is 5.45. The molecule has 0 spiro atoms. The molecule has 16 heavy (non-hydrogen) atoms. The molecule has 0 fully saturated rings. The van der Waals surface area contributed by atoms with Crippen LogP contribution in [0, 0.1) is 0 Å². The van der Waals surface area contributed by atoms with Crippen molar-refractivity contribution < 1.29 is 5.11 Å². The summed E-state index contributed by atoms with van der Waals surface area (Å²) in [5.74, 6) is 1.69. The number of anilines is 1. The Balaban J connectivity index is 2.65. The first kappa shape index (κ1) is 13.2. The summed E-state index contributed by atoms with van der Waals surface area (Å²) in [6.07, 6.45) is 0.368. The SMILES string of the molecule is CC(O)CCNc1cc(Cl)nc(C(C)C)n1. The summed E-state index contributed by atoms with van der Waals surface area (Å²) < 4.78 is 0. The van der Waals surface area contributed by atoms with E-state index in [0.29, 0.717) is 23.9 Å². The van der Waals surface area contributed by atoms with Crippen LogP contribution in [-0.4, -0.2) is 27.7 Å².